The van der Waals surface area contributed by atoms with Gasteiger partial charge in [0.05, 0.1) is 18.8 Å². The van der Waals surface area contributed by atoms with Crippen LogP contribution in [-0.2, 0) is 4.74 Å². The summed E-state index contributed by atoms with van der Waals surface area (Å²) in [4.78, 5) is 2.29. The van der Waals surface area contributed by atoms with Crippen molar-refractivity contribution in [2.75, 3.05) is 26.2 Å². The molecule has 2 atom stereocenters. The first-order chi connectivity index (χ1) is 6.77. The van der Waals surface area contributed by atoms with Crippen molar-refractivity contribution in [1.82, 2.24) is 4.90 Å². The van der Waals surface area contributed by atoms with E-state index >= 15 is 0 Å². The third-order valence-corrected chi connectivity index (χ3v) is 2.54. The molecule has 1 rings (SSSR count). The SMILES string of the molecule is CC#CCC(O)C1CN(CC)CCO1. The van der Waals surface area contributed by atoms with Gasteiger partial charge >= 0.3 is 0 Å². The van der Waals surface area contributed by atoms with Gasteiger partial charge in [0.15, 0.2) is 0 Å². The molecule has 1 aliphatic heterocycles. The predicted octanol–water partition coefficient (Wildman–Crippen LogP) is 0.481. The molecule has 2 unspecified atom stereocenters. The van der Waals surface area contributed by atoms with E-state index in [0.717, 1.165) is 26.2 Å². The molecule has 0 saturated carbocycles. The second kappa shape index (κ2) is 6.02. The van der Waals surface area contributed by atoms with Gasteiger partial charge in [-0.3, -0.25) is 4.90 Å². The fourth-order valence-electron chi connectivity index (χ4n) is 1.59. The van der Waals surface area contributed by atoms with Gasteiger partial charge in [-0.25, -0.2) is 0 Å². The molecule has 3 nitrogen and oxygen atoms in total. The lowest BCUT2D eigenvalue weighted by atomic mass is 10.1. The molecule has 3 heteroatoms. The molecular formula is C11H19NO2. The van der Waals surface area contributed by atoms with Crippen molar-refractivity contribution in [1.29, 1.82) is 0 Å². The van der Waals surface area contributed by atoms with E-state index in [4.69, 9.17) is 4.74 Å². The molecule has 0 radical (unpaired) electrons. The first-order valence-corrected chi connectivity index (χ1v) is 5.19. The minimum atomic E-state index is -0.447. The summed E-state index contributed by atoms with van der Waals surface area (Å²) in [6.07, 6.45) is -0.0000189. The summed E-state index contributed by atoms with van der Waals surface area (Å²) in [7, 11) is 0. The van der Waals surface area contributed by atoms with E-state index in [-0.39, 0.29) is 6.10 Å². The van der Waals surface area contributed by atoms with E-state index in [1.54, 1.807) is 6.92 Å². The van der Waals surface area contributed by atoms with Crippen molar-refractivity contribution < 1.29 is 9.84 Å². The second-order valence-corrected chi connectivity index (χ2v) is 3.50. The van der Waals surface area contributed by atoms with Crippen molar-refractivity contribution in [3.63, 3.8) is 0 Å². The van der Waals surface area contributed by atoms with Crippen LogP contribution in [0.15, 0.2) is 0 Å². The summed E-state index contributed by atoms with van der Waals surface area (Å²) in [5, 5.41) is 9.76. The third kappa shape index (κ3) is 3.30. The van der Waals surface area contributed by atoms with Crippen LogP contribution in [0.1, 0.15) is 20.3 Å². The van der Waals surface area contributed by atoms with E-state index in [1.165, 1.54) is 0 Å². The molecule has 0 amide bonds. The van der Waals surface area contributed by atoms with E-state index < -0.39 is 6.10 Å². The lowest BCUT2D eigenvalue weighted by Gasteiger charge is -2.34. The first kappa shape index (κ1) is 11.5. The highest BCUT2D eigenvalue weighted by Gasteiger charge is 2.25. The van der Waals surface area contributed by atoms with Crippen LogP contribution < -0.4 is 0 Å². The largest absolute Gasteiger partial charge is 0.389 e. The summed E-state index contributed by atoms with van der Waals surface area (Å²) in [5.74, 6) is 5.66. The Bertz CT molecular complexity index is 219. The normalized spacial score (nSPS) is 25.2. The Kier molecular flexibility index (Phi) is 4.95. The number of morpholine rings is 1. The van der Waals surface area contributed by atoms with Gasteiger partial charge in [-0.2, -0.15) is 0 Å². The molecule has 80 valence electrons. The lowest BCUT2D eigenvalue weighted by molar-refractivity contribution is -0.0854. The molecule has 0 aromatic heterocycles. The van der Waals surface area contributed by atoms with Crippen molar-refractivity contribution in [2.24, 2.45) is 0 Å². The average molecular weight is 197 g/mol. The zero-order valence-electron chi connectivity index (χ0n) is 8.99. The zero-order chi connectivity index (χ0) is 10.4. The number of ether oxygens (including phenoxy) is 1. The quantitative estimate of drug-likeness (QED) is 0.668. The summed E-state index contributed by atoms with van der Waals surface area (Å²) in [5.41, 5.74) is 0. The van der Waals surface area contributed by atoms with Crippen LogP contribution in [0.3, 0.4) is 0 Å². The van der Waals surface area contributed by atoms with Crippen LogP contribution in [0.5, 0.6) is 0 Å². The maximum Gasteiger partial charge on any atom is 0.0970 e. The van der Waals surface area contributed by atoms with E-state index in [0.29, 0.717) is 6.42 Å². The van der Waals surface area contributed by atoms with Gasteiger partial charge in [0.1, 0.15) is 0 Å². The smallest absolute Gasteiger partial charge is 0.0970 e. The number of rotatable bonds is 3. The van der Waals surface area contributed by atoms with E-state index in [9.17, 15) is 5.11 Å². The molecule has 0 aliphatic carbocycles. The van der Waals surface area contributed by atoms with Crippen molar-refractivity contribution in [3.05, 3.63) is 0 Å². The molecule has 1 heterocycles. The lowest BCUT2D eigenvalue weighted by Crippen LogP contribution is -2.47. The molecule has 1 saturated heterocycles. The molecule has 0 aromatic carbocycles. The van der Waals surface area contributed by atoms with Gasteiger partial charge in [-0.15, -0.1) is 11.8 Å². The maximum atomic E-state index is 9.76. The van der Waals surface area contributed by atoms with Crippen LogP contribution in [0.4, 0.5) is 0 Å². The molecular weight excluding hydrogens is 178 g/mol. The van der Waals surface area contributed by atoms with Crippen molar-refractivity contribution >= 4 is 0 Å². The van der Waals surface area contributed by atoms with Crippen molar-refractivity contribution in [2.45, 2.75) is 32.5 Å². The fraction of sp³-hybridized carbons (Fsp3) is 0.818. The Labute approximate surface area is 86.0 Å². The maximum absolute atomic E-state index is 9.76. The topological polar surface area (TPSA) is 32.7 Å². The Hall–Kier alpha value is -0.560. The van der Waals surface area contributed by atoms with Gasteiger partial charge < -0.3 is 9.84 Å². The highest BCUT2D eigenvalue weighted by molar-refractivity contribution is 4.98. The fourth-order valence-corrected chi connectivity index (χ4v) is 1.59. The Morgan fingerprint density at radius 3 is 3.07 bits per heavy atom. The monoisotopic (exact) mass is 197 g/mol. The number of nitrogens with zero attached hydrogens (tertiary/aromatic N) is 1. The second-order valence-electron chi connectivity index (χ2n) is 3.50. The van der Waals surface area contributed by atoms with Crippen molar-refractivity contribution in [3.8, 4) is 11.8 Å². The van der Waals surface area contributed by atoms with Crippen LogP contribution in [0.2, 0.25) is 0 Å². The first-order valence-electron chi connectivity index (χ1n) is 5.19. The molecule has 1 aliphatic rings. The summed E-state index contributed by atoms with van der Waals surface area (Å²) < 4.78 is 5.51. The Morgan fingerprint density at radius 2 is 2.43 bits per heavy atom. The van der Waals surface area contributed by atoms with Crippen LogP contribution in [0, 0.1) is 11.8 Å². The molecule has 0 aromatic rings. The van der Waals surface area contributed by atoms with Crippen LogP contribution >= 0.6 is 0 Å². The highest BCUT2D eigenvalue weighted by Crippen LogP contribution is 2.10. The number of aliphatic hydroxyl groups excluding tert-OH is 1. The van der Waals surface area contributed by atoms with Crippen LogP contribution in [-0.4, -0.2) is 48.5 Å². The molecule has 1 fully saturated rings. The standard InChI is InChI=1S/C11H19NO2/c1-3-5-6-10(13)11-9-12(4-2)7-8-14-11/h10-11,13H,4,6-9H2,1-2H3. The zero-order valence-corrected chi connectivity index (χ0v) is 8.99. The summed E-state index contributed by atoms with van der Waals surface area (Å²) in [6, 6.07) is 0. The summed E-state index contributed by atoms with van der Waals surface area (Å²) in [6.45, 7) is 7.44. The number of hydrogen-bond acceptors (Lipinski definition) is 3. The van der Waals surface area contributed by atoms with Gasteiger partial charge in [0.2, 0.25) is 0 Å². The number of aliphatic hydroxyl groups is 1. The average Bonchev–Trinajstić information content (AvgIpc) is 2.26. The van der Waals surface area contributed by atoms with Gasteiger partial charge in [0, 0.05) is 19.5 Å². The highest BCUT2D eigenvalue weighted by atomic mass is 16.5. The predicted molar refractivity (Wildman–Crippen MR) is 55.9 cm³/mol. The molecule has 0 bridgehead atoms. The molecule has 1 N–H and O–H groups in total. The molecule has 14 heavy (non-hydrogen) atoms. The number of hydrogen-bond donors (Lipinski definition) is 1. The summed E-state index contributed by atoms with van der Waals surface area (Å²) >= 11 is 0. The van der Waals surface area contributed by atoms with Gasteiger partial charge in [0.25, 0.3) is 0 Å². The Morgan fingerprint density at radius 1 is 1.64 bits per heavy atom. The Balaban J connectivity index is 2.37. The number of likely N-dealkylation sites (N-methyl/N-ethyl adjacent to an activating group) is 1. The minimum absolute atomic E-state index is 0.0652. The van der Waals surface area contributed by atoms with Gasteiger partial charge in [-0.1, -0.05) is 6.92 Å². The third-order valence-electron chi connectivity index (χ3n) is 2.54. The van der Waals surface area contributed by atoms with E-state index in [1.807, 2.05) is 0 Å². The minimum Gasteiger partial charge on any atom is -0.389 e. The van der Waals surface area contributed by atoms with E-state index in [2.05, 4.69) is 23.7 Å². The van der Waals surface area contributed by atoms with Gasteiger partial charge in [-0.05, 0) is 13.5 Å². The van der Waals surface area contributed by atoms with Crippen LogP contribution in [0.25, 0.3) is 0 Å². The molecule has 0 spiro atoms.